The number of carbonyl (C=O) groups is 1. The van der Waals surface area contributed by atoms with Crippen LogP contribution in [0.25, 0.3) is 17.1 Å². The summed E-state index contributed by atoms with van der Waals surface area (Å²) in [6, 6.07) is 15.6. The van der Waals surface area contributed by atoms with Crippen LogP contribution < -0.4 is 0 Å². The van der Waals surface area contributed by atoms with Gasteiger partial charge in [-0.05, 0) is 43.2 Å². The fourth-order valence-electron chi connectivity index (χ4n) is 4.14. The van der Waals surface area contributed by atoms with Crippen LogP contribution in [-0.2, 0) is 11.2 Å². The van der Waals surface area contributed by atoms with Crippen molar-refractivity contribution in [2.75, 3.05) is 19.8 Å². The van der Waals surface area contributed by atoms with Gasteiger partial charge in [0, 0.05) is 24.5 Å². The summed E-state index contributed by atoms with van der Waals surface area (Å²) in [4.78, 5) is 25.8. The lowest BCUT2D eigenvalue weighted by atomic mass is 10.00. The van der Waals surface area contributed by atoms with Gasteiger partial charge in [0.15, 0.2) is 5.82 Å². The monoisotopic (exact) mass is 440 g/mol. The lowest BCUT2D eigenvalue weighted by molar-refractivity contribution is -0.00165. The Balaban J connectivity index is 1.43. The molecule has 166 valence electrons. The molecule has 2 aromatic carbocycles. The fourth-order valence-corrected chi connectivity index (χ4v) is 4.14. The minimum absolute atomic E-state index is 0.0400. The number of benzene rings is 2. The highest BCUT2D eigenvalue weighted by atomic mass is 16.5. The molecule has 1 saturated heterocycles. The van der Waals surface area contributed by atoms with Gasteiger partial charge >= 0.3 is 0 Å². The Morgan fingerprint density at radius 3 is 2.67 bits per heavy atom. The van der Waals surface area contributed by atoms with Gasteiger partial charge in [-0.15, -0.1) is 0 Å². The van der Waals surface area contributed by atoms with Crippen LogP contribution in [-0.4, -0.2) is 61.6 Å². The molecule has 8 heteroatoms. The van der Waals surface area contributed by atoms with E-state index in [9.17, 15) is 4.79 Å². The average molecular weight is 441 g/mol. The van der Waals surface area contributed by atoms with Crippen molar-refractivity contribution in [3.63, 3.8) is 0 Å². The normalized spacial score (nSPS) is 16.0. The molecule has 33 heavy (non-hydrogen) atoms. The molecular formula is C25H24N6O2. The van der Waals surface area contributed by atoms with Gasteiger partial charge in [0.2, 0.25) is 0 Å². The highest BCUT2D eigenvalue weighted by Crippen LogP contribution is 2.23. The summed E-state index contributed by atoms with van der Waals surface area (Å²) >= 11 is 0. The Morgan fingerprint density at radius 1 is 1.03 bits per heavy atom. The molecular weight excluding hydrogens is 416 g/mol. The van der Waals surface area contributed by atoms with E-state index in [2.05, 4.69) is 32.3 Å². The number of nitrogens with zero attached hydrogens (tertiary/aromatic N) is 6. The second-order valence-corrected chi connectivity index (χ2v) is 8.04. The van der Waals surface area contributed by atoms with Gasteiger partial charge in [-0.25, -0.2) is 9.97 Å². The first-order valence-corrected chi connectivity index (χ1v) is 10.9. The average Bonchev–Trinajstić information content (AvgIpc) is 3.39. The molecule has 1 atom stereocenters. The van der Waals surface area contributed by atoms with Crippen molar-refractivity contribution >= 4 is 5.91 Å². The summed E-state index contributed by atoms with van der Waals surface area (Å²) < 4.78 is 5.76. The number of aromatic nitrogens is 5. The molecule has 5 rings (SSSR count). The van der Waals surface area contributed by atoms with E-state index < -0.39 is 0 Å². The van der Waals surface area contributed by atoms with Crippen LogP contribution in [0.1, 0.15) is 21.5 Å². The molecule has 0 saturated carbocycles. The summed E-state index contributed by atoms with van der Waals surface area (Å²) in [6.45, 7) is 3.51. The van der Waals surface area contributed by atoms with Gasteiger partial charge in [0.1, 0.15) is 0 Å². The maximum Gasteiger partial charge on any atom is 0.256 e. The van der Waals surface area contributed by atoms with Crippen LogP contribution in [0.2, 0.25) is 0 Å². The molecule has 0 radical (unpaired) electrons. The number of rotatable bonds is 5. The van der Waals surface area contributed by atoms with E-state index in [1.54, 1.807) is 30.9 Å². The zero-order valence-corrected chi connectivity index (χ0v) is 18.3. The molecule has 1 fully saturated rings. The molecule has 1 aliphatic heterocycles. The minimum atomic E-state index is -0.0860. The molecule has 8 nitrogen and oxygen atoms in total. The lowest BCUT2D eigenvalue weighted by Crippen LogP contribution is -2.50. The topological polar surface area (TPSA) is 86.0 Å². The molecule has 4 aromatic rings. The van der Waals surface area contributed by atoms with Crippen molar-refractivity contribution < 1.29 is 9.53 Å². The minimum Gasteiger partial charge on any atom is -0.377 e. The summed E-state index contributed by atoms with van der Waals surface area (Å²) in [5.74, 6) is 0.644. The van der Waals surface area contributed by atoms with Gasteiger partial charge in [-0.1, -0.05) is 29.8 Å². The number of hydrogen-bond donors (Lipinski definition) is 0. The van der Waals surface area contributed by atoms with Crippen LogP contribution >= 0.6 is 0 Å². The Labute approximate surface area is 191 Å². The lowest BCUT2D eigenvalue weighted by Gasteiger charge is -2.36. The smallest absolute Gasteiger partial charge is 0.256 e. The van der Waals surface area contributed by atoms with E-state index in [1.807, 2.05) is 42.2 Å². The number of carbonyl (C=O) groups excluding carboxylic acids is 1. The molecule has 0 bridgehead atoms. The van der Waals surface area contributed by atoms with Crippen molar-refractivity contribution in [2.24, 2.45) is 0 Å². The fraction of sp³-hybridized carbons (Fsp3) is 0.240. The second kappa shape index (κ2) is 9.30. The summed E-state index contributed by atoms with van der Waals surface area (Å²) in [7, 11) is 0. The first kappa shape index (κ1) is 21.0. The van der Waals surface area contributed by atoms with E-state index in [1.165, 1.54) is 4.80 Å². The molecule has 0 aliphatic carbocycles. The Hall–Kier alpha value is -3.91. The Morgan fingerprint density at radius 2 is 1.85 bits per heavy atom. The SMILES string of the molecule is Cc1ccc(-n2nccn2)c(C(=O)N2CCOCC2Cc2cccc(-c3ncccn3)c2)c1. The summed E-state index contributed by atoms with van der Waals surface area (Å²) in [5, 5.41) is 8.46. The van der Waals surface area contributed by atoms with Crippen molar-refractivity contribution in [2.45, 2.75) is 19.4 Å². The number of aryl methyl sites for hydroxylation is 1. The van der Waals surface area contributed by atoms with Gasteiger partial charge in [-0.2, -0.15) is 15.0 Å². The van der Waals surface area contributed by atoms with E-state index in [0.29, 0.717) is 43.3 Å². The highest BCUT2D eigenvalue weighted by molar-refractivity contribution is 5.98. The number of amides is 1. The molecule has 1 aliphatic rings. The molecule has 0 N–H and O–H groups in total. The standard InChI is InChI=1S/C25H24N6O2/c1-18-6-7-23(31-28-10-11-29-31)22(14-18)25(32)30-12-13-33-17-21(30)16-19-4-2-5-20(15-19)24-26-8-3-9-27-24/h2-11,14-15,21H,12-13,16-17H2,1H3. The molecule has 0 spiro atoms. The zero-order chi connectivity index (χ0) is 22.6. The first-order valence-electron chi connectivity index (χ1n) is 10.9. The third-order valence-corrected chi connectivity index (χ3v) is 5.73. The predicted octanol–water partition coefficient (Wildman–Crippen LogP) is 3.12. The Bertz CT molecular complexity index is 1240. The molecule has 1 unspecified atom stereocenters. The van der Waals surface area contributed by atoms with Crippen molar-refractivity contribution in [3.8, 4) is 17.1 Å². The van der Waals surface area contributed by atoms with Gasteiger partial charge in [0.05, 0.1) is 42.9 Å². The maximum absolute atomic E-state index is 13.7. The van der Waals surface area contributed by atoms with Gasteiger partial charge in [-0.3, -0.25) is 4.79 Å². The second-order valence-electron chi connectivity index (χ2n) is 8.04. The summed E-state index contributed by atoms with van der Waals surface area (Å²) in [6.07, 6.45) is 7.36. The van der Waals surface area contributed by atoms with E-state index in [-0.39, 0.29) is 11.9 Å². The van der Waals surface area contributed by atoms with Crippen molar-refractivity contribution in [1.29, 1.82) is 0 Å². The zero-order valence-electron chi connectivity index (χ0n) is 18.3. The van der Waals surface area contributed by atoms with E-state index in [0.717, 1.165) is 16.7 Å². The quantitative estimate of drug-likeness (QED) is 0.474. The molecule has 3 heterocycles. The van der Waals surface area contributed by atoms with Crippen molar-refractivity contribution in [3.05, 3.63) is 90.0 Å². The van der Waals surface area contributed by atoms with E-state index in [4.69, 9.17) is 4.74 Å². The predicted molar refractivity (Wildman–Crippen MR) is 123 cm³/mol. The van der Waals surface area contributed by atoms with Gasteiger partial charge < -0.3 is 9.64 Å². The third kappa shape index (κ3) is 4.51. The molecule has 2 aromatic heterocycles. The van der Waals surface area contributed by atoms with Crippen LogP contribution in [0, 0.1) is 6.92 Å². The van der Waals surface area contributed by atoms with Crippen LogP contribution in [0.3, 0.4) is 0 Å². The first-order chi connectivity index (χ1) is 16.2. The number of hydrogen-bond acceptors (Lipinski definition) is 6. The highest BCUT2D eigenvalue weighted by Gasteiger charge is 2.30. The maximum atomic E-state index is 13.7. The van der Waals surface area contributed by atoms with Crippen LogP contribution in [0.5, 0.6) is 0 Å². The van der Waals surface area contributed by atoms with E-state index >= 15 is 0 Å². The number of morpholine rings is 1. The number of ether oxygens (including phenoxy) is 1. The Kier molecular flexibility index (Phi) is 5.91. The molecule has 1 amide bonds. The largest absolute Gasteiger partial charge is 0.377 e. The van der Waals surface area contributed by atoms with Gasteiger partial charge in [0.25, 0.3) is 5.91 Å². The van der Waals surface area contributed by atoms with Crippen LogP contribution in [0.15, 0.2) is 73.3 Å². The van der Waals surface area contributed by atoms with Crippen molar-refractivity contribution in [1.82, 2.24) is 29.9 Å². The third-order valence-electron chi connectivity index (χ3n) is 5.73. The summed E-state index contributed by atoms with van der Waals surface area (Å²) in [5.41, 5.74) is 4.32. The van der Waals surface area contributed by atoms with Crippen LogP contribution in [0.4, 0.5) is 0 Å².